The monoisotopic (exact) mass is 310 g/mol. The highest BCUT2D eigenvalue weighted by atomic mass is 35.5. The van der Waals surface area contributed by atoms with Gasteiger partial charge < -0.3 is 15.4 Å². The summed E-state index contributed by atoms with van der Waals surface area (Å²) in [6.45, 7) is 2.66. The topological polar surface area (TPSA) is 72.6 Å². The fraction of sp³-hybridized carbons (Fsp3) is 0.467. The number of rotatable bonds is 4. The van der Waals surface area contributed by atoms with Gasteiger partial charge in [-0.1, -0.05) is 11.6 Å². The zero-order valence-corrected chi connectivity index (χ0v) is 12.7. The molecule has 2 N–H and O–H groups in total. The lowest BCUT2D eigenvalue weighted by atomic mass is 10.0. The standard InChI is InChI=1S/C15H19ClN2O3/c1-10-4-2-3-7-18(10)14(19)9-21-13-8-11(16)5-6-12(13)15(17)20/h5-6,8,10H,2-4,7,9H2,1H3,(H2,17,20)/t10-/m0/s1. The highest BCUT2D eigenvalue weighted by molar-refractivity contribution is 6.30. The number of primary amides is 1. The third kappa shape index (κ3) is 3.88. The Kier molecular flexibility index (Phi) is 5.07. The van der Waals surface area contributed by atoms with Crippen molar-refractivity contribution in [2.75, 3.05) is 13.2 Å². The van der Waals surface area contributed by atoms with Crippen LogP contribution in [0.1, 0.15) is 36.5 Å². The molecule has 1 atom stereocenters. The Morgan fingerprint density at radius 2 is 2.19 bits per heavy atom. The number of piperidine rings is 1. The maximum Gasteiger partial charge on any atom is 0.260 e. The van der Waals surface area contributed by atoms with Crippen molar-refractivity contribution in [1.82, 2.24) is 4.90 Å². The van der Waals surface area contributed by atoms with Crippen molar-refractivity contribution in [3.05, 3.63) is 28.8 Å². The van der Waals surface area contributed by atoms with E-state index in [2.05, 4.69) is 0 Å². The molecule has 0 saturated carbocycles. The van der Waals surface area contributed by atoms with Gasteiger partial charge in [0.15, 0.2) is 6.61 Å². The van der Waals surface area contributed by atoms with Gasteiger partial charge in [0.05, 0.1) is 5.56 Å². The van der Waals surface area contributed by atoms with Crippen LogP contribution in [-0.2, 0) is 4.79 Å². The first kappa shape index (κ1) is 15.6. The molecule has 1 saturated heterocycles. The van der Waals surface area contributed by atoms with Crippen LogP contribution in [0.5, 0.6) is 5.75 Å². The van der Waals surface area contributed by atoms with Gasteiger partial charge in [-0.05, 0) is 44.4 Å². The van der Waals surface area contributed by atoms with Gasteiger partial charge in [-0.15, -0.1) is 0 Å². The van der Waals surface area contributed by atoms with Crippen molar-refractivity contribution in [2.24, 2.45) is 5.73 Å². The fourth-order valence-electron chi connectivity index (χ4n) is 2.51. The van der Waals surface area contributed by atoms with E-state index in [1.807, 2.05) is 11.8 Å². The third-order valence-corrected chi connectivity index (χ3v) is 3.92. The average molecular weight is 311 g/mol. The number of nitrogens with two attached hydrogens (primary N) is 1. The first-order valence-electron chi connectivity index (χ1n) is 7.00. The van der Waals surface area contributed by atoms with Gasteiger partial charge in [0, 0.05) is 17.6 Å². The Balaban J connectivity index is 2.04. The van der Waals surface area contributed by atoms with E-state index in [-0.39, 0.29) is 29.9 Å². The van der Waals surface area contributed by atoms with Gasteiger partial charge in [0.1, 0.15) is 5.75 Å². The molecule has 0 spiro atoms. The quantitative estimate of drug-likeness (QED) is 0.926. The van der Waals surface area contributed by atoms with Gasteiger partial charge in [-0.2, -0.15) is 0 Å². The minimum absolute atomic E-state index is 0.0856. The number of amides is 2. The van der Waals surface area contributed by atoms with Crippen LogP contribution in [0, 0.1) is 0 Å². The number of benzene rings is 1. The molecule has 0 bridgehead atoms. The highest BCUT2D eigenvalue weighted by Crippen LogP contribution is 2.23. The minimum atomic E-state index is -0.611. The number of nitrogens with zero attached hydrogens (tertiary/aromatic N) is 1. The Labute approximate surface area is 129 Å². The Morgan fingerprint density at radius 3 is 2.86 bits per heavy atom. The van der Waals surface area contributed by atoms with Crippen LogP contribution in [-0.4, -0.2) is 35.9 Å². The molecule has 1 heterocycles. The second kappa shape index (κ2) is 6.80. The molecule has 1 aliphatic heterocycles. The van der Waals surface area contributed by atoms with E-state index in [0.717, 1.165) is 25.8 Å². The first-order chi connectivity index (χ1) is 9.99. The molecule has 0 aliphatic carbocycles. The molecule has 114 valence electrons. The molecule has 5 nitrogen and oxygen atoms in total. The van der Waals surface area contributed by atoms with Crippen molar-refractivity contribution in [3.8, 4) is 5.75 Å². The lowest BCUT2D eigenvalue weighted by Crippen LogP contribution is -2.44. The number of halogens is 1. The number of carbonyl (C=O) groups is 2. The number of likely N-dealkylation sites (tertiary alicyclic amines) is 1. The third-order valence-electron chi connectivity index (χ3n) is 3.68. The van der Waals surface area contributed by atoms with Gasteiger partial charge in [-0.25, -0.2) is 0 Å². The van der Waals surface area contributed by atoms with Crippen LogP contribution >= 0.6 is 11.6 Å². The zero-order valence-electron chi connectivity index (χ0n) is 12.0. The molecule has 6 heteroatoms. The van der Waals surface area contributed by atoms with Crippen LogP contribution in [0.25, 0.3) is 0 Å². The molecule has 0 unspecified atom stereocenters. The maximum absolute atomic E-state index is 12.2. The van der Waals surface area contributed by atoms with Crippen molar-refractivity contribution in [2.45, 2.75) is 32.2 Å². The second-order valence-electron chi connectivity index (χ2n) is 5.23. The molecule has 0 aromatic heterocycles. The molecular formula is C15H19ClN2O3. The predicted octanol–water partition coefficient (Wildman–Crippen LogP) is 2.22. The summed E-state index contributed by atoms with van der Waals surface area (Å²) in [6.07, 6.45) is 3.17. The average Bonchev–Trinajstić information content (AvgIpc) is 2.45. The Bertz CT molecular complexity index is 548. The number of hydrogen-bond donors (Lipinski definition) is 1. The summed E-state index contributed by atoms with van der Waals surface area (Å²) in [5.74, 6) is -0.453. The molecule has 1 fully saturated rings. The number of ether oxygens (including phenoxy) is 1. The first-order valence-corrected chi connectivity index (χ1v) is 7.38. The van der Waals surface area contributed by atoms with Crippen LogP contribution in [0.3, 0.4) is 0 Å². The number of hydrogen-bond acceptors (Lipinski definition) is 3. The fourth-order valence-corrected chi connectivity index (χ4v) is 2.67. The zero-order chi connectivity index (χ0) is 15.4. The molecule has 1 aromatic rings. The van der Waals surface area contributed by atoms with E-state index in [1.54, 1.807) is 6.07 Å². The summed E-state index contributed by atoms with van der Waals surface area (Å²) < 4.78 is 5.47. The lowest BCUT2D eigenvalue weighted by Gasteiger charge is -2.33. The lowest BCUT2D eigenvalue weighted by molar-refractivity contribution is -0.136. The summed E-state index contributed by atoms with van der Waals surface area (Å²) in [7, 11) is 0. The predicted molar refractivity (Wildman–Crippen MR) is 80.5 cm³/mol. The summed E-state index contributed by atoms with van der Waals surface area (Å²) in [5, 5.41) is 0.425. The van der Waals surface area contributed by atoms with E-state index >= 15 is 0 Å². The van der Waals surface area contributed by atoms with Crippen LogP contribution < -0.4 is 10.5 Å². The largest absolute Gasteiger partial charge is 0.483 e. The molecule has 1 aromatic carbocycles. The molecule has 21 heavy (non-hydrogen) atoms. The van der Waals surface area contributed by atoms with Crippen LogP contribution in [0.15, 0.2) is 18.2 Å². The number of carbonyl (C=O) groups excluding carboxylic acids is 2. The van der Waals surface area contributed by atoms with Crippen molar-refractivity contribution in [3.63, 3.8) is 0 Å². The Morgan fingerprint density at radius 1 is 1.43 bits per heavy atom. The molecule has 2 amide bonds. The normalized spacial score (nSPS) is 18.4. The highest BCUT2D eigenvalue weighted by Gasteiger charge is 2.23. The second-order valence-corrected chi connectivity index (χ2v) is 5.66. The van der Waals surface area contributed by atoms with Crippen molar-refractivity contribution < 1.29 is 14.3 Å². The van der Waals surface area contributed by atoms with E-state index in [9.17, 15) is 9.59 Å². The summed E-state index contributed by atoms with van der Waals surface area (Å²) in [6, 6.07) is 4.77. The van der Waals surface area contributed by atoms with E-state index in [0.29, 0.717) is 5.02 Å². The molecule has 1 aliphatic rings. The summed E-state index contributed by atoms with van der Waals surface area (Å²) in [5.41, 5.74) is 5.50. The minimum Gasteiger partial charge on any atom is -0.483 e. The van der Waals surface area contributed by atoms with Gasteiger partial charge in [0.25, 0.3) is 11.8 Å². The van der Waals surface area contributed by atoms with Gasteiger partial charge in [0.2, 0.25) is 0 Å². The van der Waals surface area contributed by atoms with Crippen LogP contribution in [0.2, 0.25) is 5.02 Å². The van der Waals surface area contributed by atoms with Gasteiger partial charge in [-0.3, -0.25) is 9.59 Å². The Hall–Kier alpha value is -1.75. The van der Waals surface area contributed by atoms with E-state index < -0.39 is 5.91 Å². The molecular weight excluding hydrogens is 292 g/mol. The molecule has 2 rings (SSSR count). The van der Waals surface area contributed by atoms with Crippen molar-refractivity contribution in [1.29, 1.82) is 0 Å². The van der Waals surface area contributed by atoms with Crippen molar-refractivity contribution >= 4 is 23.4 Å². The maximum atomic E-state index is 12.2. The SMILES string of the molecule is C[C@H]1CCCCN1C(=O)COc1cc(Cl)ccc1C(N)=O. The van der Waals surface area contributed by atoms with Crippen LogP contribution in [0.4, 0.5) is 0 Å². The smallest absolute Gasteiger partial charge is 0.260 e. The van der Waals surface area contributed by atoms with Gasteiger partial charge >= 0.3 is 0 Å². The molecule has 0 radical (unpaired) electrons. The van der Waals surface area contributed by atoms with E-state index in [4.69, 9.17) is 22.1 Å². The van der Waals surface area contributed by atoms with E-state index in [1.165, 1.54) is 12.1 Å². The summed E-state index contributed by atoms with van der Waals surface area (Å²) >= 11 is 5.88. The summed E-state index contributed by atoms with van der Waals surface area (Å²) in [4.78, 5) is 25.4.